The van der Waals surface area contributed by atoms with Crippen LogP contribution in [0.4, 0.5) is 5.69 Å². The third-order valence-corrected chi connectivity index (χ3v) is 5.58. The van der Waals surface area contributed by atoms with Gasteiger partial charge in [0.15, 0.2) is 6.29 Å². The van der Waals surface area contributed by atoms with Crippen LogP contribution in [0.3, 0.4) is 0 Å². The van der Waals surface area contributed by atoms with Gasteiger partial charge in [0.05, 0.1) is 0 Å². The van der Waals surface area contributed by atoms with Crippen molar-refractivity contribution in [3.05, 3.63) is 65.7 Å². The summed E-state index contributed by atoms with van der Waals surface area (Å²) in [5.41, 5.74) is 13.9. The molecule has 0 aliphatic carbocycles. The van der Waals surface area contributed by atoms with Crippen molar-refractivity contribution in [2.24, 2.45) is 0 Å². The second-order valence-corrected chi connectivity index (χ2v) is 6.40. The first-order valence-corrected chi connectivity index (χ1v) is 7.81. The molecule has 100 valence electrons. The van der Waals surface area contributed by atoms with Gasteiger partial charge in [-0.2, -0.15) is 0 Å². The third-order valence-electron chi connectivity index (χ3n) is 4.08. The van der Waals surface area contributed by atoms with Crippen molar-refractivity contribution in [3.8, 4) is 0 Å². The van der Waals surface area contributed by atoms with Crippen LogP contribution in [0.25, 0.3) is 0 Å². The molecule has 2 atom stereocenters. The van der Waals surface area contributed by atoms with E-state index in [2.05, 4.69) is 46.6 Å². The van der Waals surface area contributed by atoms with E-state index in [9.17, 15) is 5.73 Å². The zero-order valence-electron chi connectivity index (χ0n) is 11.0. The molecule has 0 spiro atoms. The van der Waals surface area contributed by atoms with Gasteiger partial charge in [-0.1, -0.05) is 54.3 Å². The summed E-state index contributed by atoms with van der Waals surface area (Å²) in [5.74, 6) is 1.02. The maximum atomic E-state index is 10.5. The first-order chi connectivity index (χ1) is 9.82. The minimum Gasteiger partial charge on any atom is -0.355 e. The number of anilines is 1. The molecule has 0 bridgehead atoms. The molecule has 2 aliphatic rings. The standard InChI is InChI=1S/C16H15N3S/c17-15-18-14-9-5-4-8-13(14)16(19(15)10-11-20-16)12-6-2-1-3-7-12/h1-9,15,18H,10-11H2. The van der Waals surface area contributed by atoms with E-state index in [0.29, 0.717) is 0 Å². The Hall–Kier alpha value is -1.49. The Morgan fingerprint density at radius 3 is 2.70 bits per heavy atom. The lowest BCUT2D eigenvalue weighted by atomic mass is 9.93. The summed E-state index contributed by atoms with van der Waals surface area (Å²) in [6, 6.07) is 18.8. The van der Waals surface area contributed by atoms with Crippen LogP contribution in [0.2, 0.25) is 0 Å². The van der Waals surface area contributed by atoms with Gasteiger partial charge in [-0.25, -0.2) is 4.90 Å². The Morgan fingerprint density at radius 1 is 1.10 bits per heavy atom. The van der Waals surface area contributed by atoms with E-state index in [1.54, 1.807) is 0 Å². The summed E-state index contributed by atoms with van der Waals surface area (Å²) < 4.78 is 0. The molecule has 4 rings (SSSR count). The average Bonchev–Trinajstić information content (AvgIpc) is 2.95. The largest absolute Gasteiger partial charge is 0.355 e. The molecule has 2 heterocycles. The van der Waals surface area contributed by atoms with E-state index in [0.717, 1.165) is 18.0 Å². The topological polar surface area (TPSA) is 37.6 Å². The molecule has 0 saturated carbocycles. The molecule has 0 aromatic heterocycles. The van der Waals surface area contributed by atoms with E-state index >= 15 is 0 Å². The molecule has 1 saturated heterocycles. The van der Waals surface area contributed by atoms with Gasteiger partial charge in [0.1, 0.15) is 4.87 Å². The fourth-order valence-corrected chi connectivity index (χ4v) is 4.83. The Kier molecular flexibility index (Phi) is 2.77. The highest BCUT2D eigenvalue weighted by molar-refractivity contribution is 8.00. The molecular weight excluding hydrogens is 266 g/mol. The monoisotopic (exact) mass is 281 g/mol. The highest BCUT2D eigenvalue weighted by Gasteiger charge is 2.51. The molecule has 4 heteroatoms. The molecule has 3 nitrogen and oxygen atoms in total. The van der Waals surface area contributed by atoms with Crippen LogP contribution in [0, 0.1) is 0 Å². The van der Waals surface area contributed by atoms with Crippen molar-refractivity contribution >= 4 is 17.4 Å². The van der Waals surface area contributed by atoms with E-state index in [1.807, 2.05) is 30.0 Å². The Labute approximate surface area is 123 Å². The molecule has 0 amide bonds. The first kappa shape index (κ1) is 12.3. The lowest BCUT2D eigenvalue weighted by Gasteiger charge is -2.46. The van der Waals surface area contributed by atoms with E-state index in [4.69, 9.17) is 0 Å². The number of benzene rings is 2. The van der Waals surface area contributed by atoms with Gasteiger partial charge >= 0.3 is 0 Å². The minimum absolute atomic E-state index is 0.275. The zero-order chi connectivity index (χ0) is 13.6. The lowest BCUT2D eigenvalue weighted by Crippen LogP contribution is -2.54. The molecule has 1 fully saturated rings. The van der Waals surface area contributed by atoms with Crippen molar-refractivity contribution < 1.29 is 0 Å². The maximum Gasteiger partial charge on any atom is 0.169 e. The summed E-state index contributed by atoms with van der Waals surface area (Å²) in [7, 11) is 0. The van der Waals surface area contributed by atoms with Crippen LogP contribution >= 0.6 is 11.8 Å². The number of para-hydroxylation sites is 1. The number of fused-ring (bicyclic) bond motifs is 3. The van der Waals surface area contributed by atoms with Gasteiger partial charge in [0, 0.05) is 23.5 Å². The Morgan fingerprint density at radius 2 is 1.85 bits per heavy atom. The van der Waals surface area contributed by atoms with Gasteiger partial charge in [0.2, 0.25) is 0 Å². The van der Waals surface area contributed by atoms with E-state index in [-0.39, 0.29) is 4.87 Å². The van der Waals surface area contributed by atoms with Crippen LogP contribution in [0.5, 0.6) is 0 Å². The van der Waals surface area contributed by atoms with Crippen LogP contribution in [-0.4, -0.2) is 23.5 Å². The van der Waals surface area contributed by atoms with E-state index in [1.165, 1.54) is 11.1 Å². The third kappa shape index (κ3) is 1.56. The Bertz CT molecular complexity index is 631. The normalized spacial score (nSPS) is 28.6. The van der Waals surface area contributed by atoms with Gasteiger partial charge < -0.3 is 5.32 Å². The van der Waals surface area contributed by atoms with Crippen LogP contribution in [0.1, 0.15) is 11.1 Å². The minimum atomic E-state index is -0.639. The van der Waals surface area contributed by atoms with Crippen LogP contribution in [-0.2, 0) is 4.87 Å². The second-order valence-electron chi connectivity index (χ2n) is 5.12. The van der Waals surface area contributed by atoms with Crippen molar-refractivity contribution in [2.75, 3.05) is 17.6 Å². The summed E-state index contributed by atoms with van der Waals surface area (Å²) in [4.78, 5) is 1.87. The first-order valence-electron chi connectivity index (χ1n) is 6.83. The molecular formula is C16H15N3S. The lowest BCUT2D eigenvalue weighted by molar-refractivity contribution is 0.162. The number of thioether (sulfide) groups is 1. The number of nitrogens with zero attached hydrogens (tertiary/aromatic N) is 2. The highest BCUT2D eigenvalue weighted by atomic mass is 32.2. The molecule has 2 radical (unpaired) electrons. The van der Waals surface area contributed by atoms with Gasteiger partial charge in [-0.3, -0.25) is 0 Å². The quantitative estimate of drug-likeness (QED) is 0.873. The summed E-state index contributed by atoms with van der Waals surface area (Å²) in [6.45, 7) is 0.877. The fraction of sp³-hybridized carbons (Fsp3) is 0.250. The summed E-state index contributed by atoms with van der Waals surface area (Å²) in [5, 5.41) is 3.19. The Balaban J connectivity index is 1.99. The predicted octanol–water partition coefficient (Wildman–Crippen LogP) is 2.71. The van der Waals surface area contributed by atoms with Gasteiger partial charge in [-0.05, 0) is 11.6 Å². The fourth-order valence-electron chi connectivity index (χ4n) is 3.25. The van der Waals surface area contributed by atoms with Crippen LogP contribution < -0.4 is 11.1 Å². The SMILES string of the molecule is [N]C1Nc2ccccc2C2(c3ccccc3)SCCN12. The second kappa shape index (κ2) is 4.52. The molecule has 1 N–H and O–H groups in total. The van der Waals surface area contributed by atoms with Gasteiger partial charge in [0.25, 0.3) is 0 Å². The summed E-state index contributed by atoms with van der Waals surface area (Å²) >= 11 is 1.90. The zero-order valence-corrected chi connectivity index (χ0v) is 11.8. The average molecular weight is 281 g/mol. The maximum absolute atomic E-state index is 10.5. The smallest absolute Gasteiger partial charge is 0.169 e. The van der Waals surface area contributed by atoms with Crippen molar-refractivity contribution in [2.45, 2.75) is 11.2 Å². The van der Waals surface area contributed by atoms with E-state index < -0.39 is 6.29 Å². The molecule has 2 aromatic carbocycles. The molecule has 2 aromatic rings. The highest BCUT2D eigenvalue weighted by Crippen LogP contribution is 2.54. The molecule has 20 heavy (non-hydrogen) atoms. The van der Waals surface area contributed by atoms with Crippen LogP contribution in [0.15, 0.2) is 54.6 Å². The van der Waals surface area contributed by atoms with Crippen molar-refractivity contribution in [1.82, 2.24) is 10.6 Å². The number of nitrogens with one attached hydrogen (secondary N) is 1. The number of rotatable bonds is 1. The predicted molar refractivity (Wildman–Crippen MR) is 82.4 cm³/mol. The number of hydrogen-bond donors (Lipinski definition) is 1. The van der Waals surface area contributed by atoms with Gasteiger partial charge in [-0.15, -0.1) is 11.8 Å². The van der Waals surface area contributed by atoms with Crippen molar-refractivity contribution in [3.63, 3.8) is 0 Å². The molecule has 2 aliphatic heterocycles. The summed E-state index contributed by atoms with van der Waals surface area (Å²) in [6.07, 6.45) is -0.639. The van der Waals surface area contributed by atoms with Crippen molar-refractivity contribution in [1.29, 1.82) is 0 Å². The molecule has 2 unspecified atom stereocenters. The number of hydrogen-bond acceptors (Lipinski definition) is 3.